The molecule has 0 spiro atoms. The van der Waals surface area contributed by atoms with Gasteiger partial charge in [0, 0.05) is 30.8 Å². The van der Waals surface area contributed by atoms with Gasteiger partial charge in [-0.1, -0.05) is 24.4 Å². The fraction of sp³-hybridized carbons (Fsp3) is 0.429. The second-order valence-corrected chi connectivity index (χ2v) is 5.11. The molecule has 4 nitrogen and oxygen atoms in total. The van der Waals surface area contributed by atoms with Crippen LogP contribution in [0.25, 0.3) is 0 Å². The van der Waals surface area contributed by atoms with E-state index in [1.807, 2.05) is 17.0 Å². The molecule has 1 saturated carbocycles. The molecule has 0 radical (unpaired) electrons. The smallest absolute Gasteiger partial charge is 0.254 e. The Morgan fingerprint density at radius 2 is 2.16 bits per heavy atom. The van der Waals surface area contributed by atoms with Crippen LogP contribution in [0.1, 0.15) is 28.8 Å². The third-order valence-corrected chi connectivity index (χ3v) is 3.41. The monoisotopic (exact) mass is 278 g/mol. The molecule has 102 valence electrons. The summed E-state index contributed by atoms with van der Waals surface area (Å²) in [6.07, 6.45) is 2.15. The van der Waals surface area contributed by atoms with Crippen molar-refractivity contribution in [1.29, 1.82) is 0 Å². The molecule has 2 rings (SSSR count). The number of carbonyl (C=O) groups is 1. The van der Waals surface area contributed by atoms with E-state index in [9.17, 15) is 4.79 Å². The summed E-state index contributed by atoms with van der Waals surface area (Å²) >= 11 is 4.94. The molecule has 0 saturated heterocycles. The van der Waals surface area contributed by atoms with Crippen molar-refractivity contribution in [3.63, 3.8) is 0 Å². The van der Waals surface area contributed by atoms with E-state index in [1.165, 1.54) is 0 Å². The topological polar surface area (TPSA) is 55.6 Å². The molecule has 0 aliphatic heterocycles. The first-order chi connectivity index (χ1) is 9.13. The highest BCUT2D eigenvalue weighted by Crippen LogP contribution is 2.28. The molecule has 0 aromatic heterocycles. The minimum Gasteiger partial charge on any atom is -0.389 e. The van der Waals surface area contributed by atoms with Gasteiger partial charge in [0.2, 0.25) is 0 Å². The van der Waals surface area contributed by atoms with Crippen molar-refractivity contribution < 1.29 is 9.53 Å². The third-order valence-electron chi connectivity index (χ3n) is 3.18. The van der Waals surface area contributed by atoms with Crippen molar-refractivity contribution in [2.75, 3.05) is 20.3 Å². The van der Waals surface area contributed by atoms with Gasteiger partial charge in [-0.25, -0.2) is 0 Å². The highest BCUT2D eigenvalue weighted by atomic mass is 32.1. The fourth-order valence-electron chi connectivity index (χ4n) is 2.00. The van der Waals surface area contributed by atoms with E-state index >= 15 is 0 Å². The summed E-state index contributed by atoms with van der Waals surface area (Å²) in [7, 11) is 1.64. The van der Waals surface area contributed by atoms with Gasteiger partial charge in [-0.05, 0) is 25.0 Å². The molecular formula is C14H18N2O2S. The van der Waals surface area contributed by atoms with Gasteiger partial charge in [-0.3, -0.25) is 4.79 Å². The number of amides is 1. The Balaban J connectivity index is 2.16. The summed E-state index contributed by atoms with van der Waals surface area (Å²) in [5, 5.41) is 0. The van der Waals surface area contributed by atoms with E-state index in [0.717, 1.165) is 18.4 Å². The number of nitrogens with zero attached hydrogens (tertiary/aromatic N) is 1. The molecule has 1 aliphatic carbocycles. The number of hydrogen-bond donors (Lipinski definition) is 1. The maximum absolute atomic E-state index is 12.5. The molecule has 0 bridgehead atoms. The van der Waals surface area contributed by atoms with Crippen LogP contribution in [-0.4, -0.2) is 42.1 Å². The SMILES string of the molecule is COCCN(C(=O)c1cccc(C(N)=S)c1)C1CC1. The van der Waals surface area contributed by atoms with Crippen molar-refractivity contribution in [3.8, 4) is 0 Å². The van der Waals surface area contributed by atoms with Gasteiger partial charge < -0.3 is 15.4 Å². The molecule has 0 atom stereocenters. The predicted octanol–water partition coefficient (Wildman–Crippen LogP) is 1.57. The first-order valence-corrected chi connectivity index (χ1v) is 6.74. The van der Waals surface area contributed by atoms with E-state index < -0.39 is 0 Å². The molecular weight excluding hydrogens is 260 g/mol. The van der Waals surface area contributed by atoms with E-state index in [1.54, 1.807) is 19.2 Å². The first kappa shape index (κ1) is 14.0. The number of carbonyl (C=O) groups excluding carboxylic acids is 1. The maximum atomic E-state index is 12.5. The molecule has 2 N–H and O–H groups in total. The third kappa shape index (κ3) is 3.52. The van der Waals surface area contributed by atoms with Crippen LogP contribution >= 0.6 is 12.2 Å². The second kappa shape index (κ2) is 6.12. The van der Waals surface area contributed by atoms with Gasteiger partial charge in [0.15, 0.2) is 0 Å². The van der Waals surface area contributed by atoms with Crippen LogP contribution in [0, 0.1) is 0 Å². The summed E-state index contributed by atoms with van der Waals surface area (Å²) in [5.74, 6) is 0.0256. The Labute approximate surface area is 118 Å². The largest absolute Gasteiger partial charge is 0.389 e. The minimum absolute atomic E-state index is 0.0256. The summed E-state index contributed by atoms with van der Waals surface area (Å²) in [6, 6.07) is 7.54. The molecule has 1 aliphatic rings. The van der Waals surface area contributed by atoms with Crippen molar-refractivity contribution in [2.45, 2.75) is 18.9 Å². The number of rotatable bonds is 6. The molecule has 5 heteroatoms. The summed E-state index contributed by atoms with van der Waals surface area (Å²) < 4.78 is 5.06. The zero-order chi connectivity index (χ0) is 13.8. The number of methoxy groups -OCH3 is 1. The highest BCUT2D eigenvalue weighted by molar-refractivity contribution is 7.80. The van der Waals surface area contributed by atoms with Crippen molar-refractivity contribution in [3.05, 3.63) is 35.4 Å². The lowest BCUT2D eigenvalue weighted by molar-refractivity contribution is 0.0680. The highest BCUT2D eigenvalue weighted by Gasteiger charge is 2.32. The van der Waals surface area contributed by atoms with Crippen LogP contribution in [0.3, 0.4) is 0 Å². The Kier molecular flexibility index (Phi) is 4.50. The molecule has 0 unspecified atom stereocenters. The molecule has 1 aromatic carbocycles. The Hall–Kier alpha value is -1.46. The van der Waals surface area contributed by atoms with Crippen molar-refractivity contribution >= 4 is 23.1 Å². The zero-order valence-corrected chi connectivity index (χ0v) is 11.8. The van der Waals surface area contributed by atoms with E-state index in [4.69, 9.17) is 22.7 Å². The molecule has 1 amide bonds. The molecule has 0 heterocycles. The quantitative estimate of drug-likeness (QED) is 0.803. The fourth-order valence-corrected chi connectivity index (χ4v) is 2.12. The van der Waals surface area contributed by atoms with Gasteiger partial charge in [-0.2, -0.15) is 0 Å². The summed E-state index contributed by atoms with van der Waals surface area (Å²) in [6.45, 7) is 1.18. The standard InChI is InChI=1S/C14H18N2O2S/c1-18-8-7-16(12-5-6-12)14(17)11-4-2-3-10(9-11)13(15)19/h2-4,9,12H,5-8H2,1H3,(H2,15,19). The summed E-state index contributed by atoms with van der Waals surface area (Å²) in [4.78, 5) is 14.7. The first-order valence-electron chi connectivity index (χ1n) is 6.33. The summed E-state index contributed by atoms with van der Waals surface area (Å²) in [5.41, 5.74) is 6.96. The van der Waals surface area contributed by atoms with Crippen LogP contribution in [-0.2, 0) is 4.74 Å². The Bertz CT molecular complexity index is 486. The van der Waals surface area contributed by atoms with Crippen molar-refractivity contribution in [1.82, 2.24) is 4.90 Å². The van der Waals surface area contributed by atoms with Crippen LogP contribution in [0.4, 0.5) is 0 Å². The Morgan fingerprint density at radius 3 is 2.74 bits per heavy atom. The number of nitrogens with two attached hydrogens (primary N) is 1. The van der Waals surface area contributed by atoms with E-state index in [2.05, 4.69) is 0 Å². The lowest BCUT2D eigenvalue weighted by Crippen LogP contribution is -2.35. The van der Waals surface area contributed by atoms with Gasteiger partial charge in [0.1, 0.15) is 4.99 Å². The van der Waals surface area contributed by atoms with E-state index in [0.29, 0.717) is 29.7 Å². The number of thiocarbonyl (C=S) groups is 1. The van der Waals surface area contributed by atoms with Crippen LogP contribution < -0.4 is 5.73 Å². The number of ether oxygens (including phenoxy) is 1. The minimum atomic E-state index is 0.0256. The number of benzene rings is 1. The number of hydrogen-bond acceptors (Lipinski definition) is 3. The van der Waals surface area contributed by atoms with Gasteiger partial charge >= 0.3 is 0 Å². The van der Waals surface area contributed by atoms with Crippen LogP contribution in [0.5, 0.6) is 0 Å². The average Bonchev–Trinajstić information content (AvgIpc) is 3.23. The maximum Gasteiger partial charge on any atom is 0.254 e. The lowest BCUT2D eigenvalue weighted by atomic mass is 10.1. The van der Waals surface area contributed by atoms with Crippen molar-refractivity contribution in [2.24, 2.45) is 5.73 Å². The normalized spacial score (nSPS) is 14.2. The Morgan fingerprint density at radius 1 is 1.47 bits per heavy atom. The molecule has 1 aromatic rings. The van der Waals surface area contributed by atoms with Crippen LogP contribution in [0.15, 0.2) is 24.3 Å². The van der Waals surface area contributed by atoms with Gasteiger partial charge in [-0.15, -0.1) is 0 Å². The van der Waals surface area contributed by atoms with Crippen LogP contribution in [0.2, 0.25) is 0 Å². The lowest BCUT2D eigenvalue weighted by Gasteiger charge is -2.22. The predicted molar refractivity (Wildman–Crippen MR) is 78.3 cm³/mol. The van der Waals surface area contributed by atoms with E-state index in [-0.39, 0.29) is 5.91 Å². The van der Waals surface area contributed by atoms with Gasteiger partial charge in [0.25, 0.3) is 5.91 Å². The molecule has 1 fully saturated rings. The van der Waals surface area contributed by atoms with Gasteiger partial charge in [0.05, 0.1) is 6.61 Å². The zero-order valence-electron chi connectivity index (χ0n) is 11.0. The average molecular weight is 278 g/mol. The molecule has 19 heavy (non-hydrogen) atoms. The second-order valence-electron chi connectivity index (χ2n) is 4.67.